The Morgan fingerprint density at radius 3 is 2.48 bits per heavy atom. The van der Waals surface area contributed by atoms with Crippen molar-refractivity contribution in [3.05, 3.63) is 0 Å². The molecule has 4 aliphatic rings. The van der Waals surface area contributed by atoms with E-state index in [-0.39, 0.29) is 6.03 Å². The van der Waals surface area contributed by atoms with Gasteiger partial charge in [-0.05, 0) is 69.1 Å². The average molecular weight is 292 g/mol. The van der Waals surface area contributed by atoms with Gasteiger partial charge in [0, 0.05) is 12.6 Å². The molecular formula is C16H24N2O3. The lowest BCUT2D eigenvalue weighted by Gasteiger charge is -2.41. The molecule has 4 rings (SSSR count). The van der Waals surface area contributed by atoms with Crippen LogP contribution in [-0.2, 0) is 4.79 Å². The highest BCUT2D eigenvalue weighted by atomic mass is 16.4. The molecule has 1 heterocycles. The molecule has 1 aliphatic heterocycles. The molecule has 5 atom stereocenters. The predicted molar refractivity (Wildman–Crippen MR) is 76.7 cm³/mol. The molecule has 5 unspecified atom stereocenters. The van der Waals surface area contributed by atoms with Crippen molar-refractivity contribution in [2.45, 2.75) is 57.0 Å². The summed E-state index contributed by atoms with van der Waals surface area (Å²) in [5.74, 6) is 2.13. The zero-order valence-corrected chi connectivity index (χ0v) is 12.5. The molecule has 0 aromatic carbocycles. The smallest absolute Gasteiger partial charge is 0.329 e. The first-order valence-electron chi connectivity index (χ1n) is 8.34. The number of nitrogens with one attached hydrogen (secondary N) is 1. The maximum atomic E-state index is 12.6. The highest BCUT2D eigenvalue weighted by Gasteiger charge is 2.65. The van der Waals surface area contributed by atoms with Gasteiger partial charge in [-0.2, -0.15) is 0 Å². The standard InChI is InChI=1S/C16H24N2O3/c1-16(14(19)20)6-2-3-7-18(16)15(21)17-13-11-9-4-5-10(8-9)12(11)13/h9-13H,2-8H2,1H3,(H,17,21)(H,19,20). The fraction of sp³-hybridized carbons (Fsp3) is 0.875. The van der Waals surface area contributed by atoms with E-state index in [1.54, 1.807) is 11.8 Å². The molecule has 4 fully saturated rings. The van der Waals surface area contributed by atoms with Gasteiger partial charge in [0.25, 0.3) is 0 Å². The topological polar surface area (TPSA) is 69.6 Å². The molecule has 1 saturated heterocycles. The molecule has 0 radical (unpaired) electrons. The Bertz CT molecular complexity index is 478. The molecule has 2 bridgehead atoms. The second-order valence-corrected chi connectivity index (χ2v) is 7.65. The molecule has 3 saturated carbocycles. The fourth-order valence-electron chi connectivity index (χ4n) is 5.41. The number of carboxylic acid groups (broad SMARTS) is 1. The maximum Gasteiger partial charge on any atom is 0.329 e. The molecule has 0 aromatic rings. The number of urea groups is 1. The number of fused-ring (bicyclic) bond motifs is 5. The van der Waals surface area contributed by atoms with E-state index in [2.05, 4.69) is 5.32 Å². The van der Waals surface area contributed by atoms with Gasteiger partial charge in [0.2, 0.25) is 0 Å². The van der Waals surface area contributed by atoms with Crippen LogP contribution in [0.4, 0.5) is 4.79 Å². The summed E-state index contributed by atoms with van der Waals surface area (Å²) in [5.41, 5.74) is -1.04. The lowest BCUT2D eigenvalue weighted by Crippen LogP contribution is -2.60. The normalized spacial score (nSPS) is 47.1. The second kappa shape index (κ2) is 4.37. The summed E-state index contributed by atoms with van der Waals surface area (Å²) in [7, 11) is 0. The highest BCUT2D eigenvalue weighted by Crippen LogP contribution is 2.65. The summed E-state index contributed by atoms with van der Waals surface area (Å²) in [6, 6.07) is 0.169. The fourth-order valence-corrected chi connectivity index (χ4v) is 5.41. The molecule has 3 aliphatic carbocycles. The quantitative estimate of drug-likeness (QED) is 0.818. The van der Waals surface area contributed by atoms with Gasteiger partial charge in [0.05, 0.1) is 0 Å². The van der Waals surface area contributed by atoms with Crippen molar-refractivity contribution in [3.8, 4) is 0 Å². The van der Waals surface area contributed by atoms with Gasteiger partial charge in [-0.3, -0.25) is 0 Å². The average Bonchev–Trinajstić information content (AvgIpc) is 2.84. The van der Waals surface area contributed by atoms with Crippen molar-refractivity contribution in [2.75, 3.05) is 6.54 Å². The van der Waals surface area contributed by atoms with Crippen molar-refractivity contribution in [1.29, 1.82) is 0 Å². The van der Waals surface area contributed by atoms with Crippen LogP contribution >= 0.6 is 0 Å². The number of nitrogens with zero attached hydrogens (tertiary/aromatic N) is 1. The second-order valence-electron chi connectivity index (χ2n) is 7.65. The van der Waals surface area contributed by atoms with Crippen LogP contribution in [-0.4, -0.2) is 40.1 Å². The summed E-state index contributed by atoms with van der Waals surface area (Å²) in [6.07, 6.45) is 6.35. The summed E-state index contributed by atoms with van der Waals surface area (Å²) in [4.78, 5) is 25.7. The Balaban J connectivity index is 1.44. The molecular weight excluding hydrogens is 268 g/mol. The van der Waals surface area contributed by atoms with Gasteiger partial charge in [0.1, 0.15) is 5.54 Å². The number of carbonyl (C=O) groups is 2. The monoisotopic (exact) mass is 292 g/mol. The Morgan fingerprint density at radius 1 is 1.19 bits per heavy atom. The summed E-state index contributed by atoms with van der Waals surface area (Å²) < 4.78 is 0. The van der Waals surface area contributed by atoms with Crippen molar-refractivity contribution in [1.82, 2.24) is 10.2 Å². The molecule has 2 amide bonds. The van der Waals surface area contributed by atoms with E-state index in [0.29, 0.717) is 30.8 Å². The van der Waals surface area contributed by atoms with Gasteiger partial charge in [-0.1, -0.05) is 0 Å². The first-order chi connectivity index (χ1) is 10.0. The van der Waals surface area contributed by atoms with Crippen molar-refractivity contribution >= 4 is 12.0 Å². The van der Waals surface area contributed by atoms with Crippen LogP contribution in [0.1, 0.15) is 45.4 Å². The number of carboxylic acids is 1. The number of piperidine rings is 1. The van der Waals surface area contributed by atoms with E-state index < -0.39 is 11.5 Å². The van der Waals surface area contributed by atoms with E-state index in [0.717, 1.165) is 24.7 Å². The van der Waals surface area contributed by atoms with Gasteiger partial charge >= 0.3 is 12.0 Å². The van der Waals surface area contributed by atoms with Gasteiger partial charge in [0.15, 0.2) is 0 Å². The molecule has 21 heavy (non-hydrogen) atoms. The van der Waals surface area contributed by atoms with Gasteiger partial charge < -0.3 is 15.3 Å². The molecule has 116 valence electrons. The van der Waals surface area contributed by atoms with Crippen molar-refractivity contribution in [3.63, 3.8) is 0 Å². The summed E-state index contributed by atoms with van der Waals surface area (Å²) in [6.45, 7) is 2.25. The van der Waals surface area contributed by atoms with Crippen LogP contribution in [0.25, 0.3) is 0 Å². The van der Waals surface area contributed by atoms with E-state index in [4.69, 9.17) is 0 Å². The Hall–Kier alpha value is -1.26. The minimum absolute atomic E-state index is 0.154. The lowest BCUT2D eigenvalue weighted by molar-refractivity contribution is -0.150. The van der Waals surface area contributed by atoms with E-state index in [1.807, 2.05) is 0 Å². The zero-order chi connectivity index (χ0) is 14.8. The number of hydrogen-bond acceptors (Lipinski definition) is 2. The summed E-state index contributed by atoms with van der Waals surface area (Å²) >= 11 is 0. The van der Waals surface area contributed by atoms with E-state index >= 15 is 0 Å². The molecule has 2 N–H and O–H groups in total. The summed E-state index contributed by atoms with van der Waals surface area (Å²) in [5, 5.41) is 12.7. The van der Waals surface area contributed by atoms with Crippen molar-refractivity contribution in [2.24, 2.45) is 23.7 Å². The van der Waals surface area contributed by atoms with Gasteiger partial charge in [-0.15, -0.1) is 0 Å². The molecule has 5 nitrogen and oxygen atoms in total. The number of rotatable bonds is 2. The van der Waals surface area contributed by atoms with E-state index in [1.165, 1.54) is 19.3 Å². The molecule has 0 aromatic heterocycles. The van der Waals surface area contributed by atoms with Crippen LogP contribution in [0.2, 0.25) is 0 Å². The first-order valence-corrected chi connectivity index (χ1v) is 8.34. The lowest BCUT2D eigenvalue weighted by atomic mass is 9.89. The van der Waals surface area contributed by atoms with E-state index in [9.17, 15) is 14.7 Å². The highest BCUT2D eigenvalue weighted by molar-refractivity contribution is 5.86. The largest absolute Gasteiger partial charge is 0.480 e. The number of carbonyl (C=O) groups excluding carboxylic acids is 1. The Kier molecular flexibility index (Phi) is 2.79. The van der Waals surface area contributed by atoms with Crippen LogP contribution < -0.4 is 5.32 Å². The minimum atomic E-state index is -1.04. The Morgan fingerprint density at radius 2 is 1.86 bits per heavy atom. The number of aliphatic carboxylic acids is 1. The third-order valence-corrected chi connectivity index (χ3v) is 6.62. The van der Waals surface area contributed by atoms with Gasteiger partial charge in [-0.25, -0.2) is 9.59 Å². The van der Waals surface area contributed by atoms with Crippen LogP contribution in [0, 0.1) is 23.7 Å². The van der Waals surface area contributed by atoms with Crippen LogP contribution in [0.15, 0.2) is 0 Å². The Labute approximate surface area is 125 Å². The number of hydrogen-bond donors (Lipinski definition) is 2. The third kappa shape index (κ3) is 1.82. The number of likely N-dealkylation sites (tertiary alicyclic amines) is 1. The molecule has 5 heteroatoms. The van der Waals surface area contributed by atoms with Crippen LogP contribution in [0.3, 0.4) is 0 Å². The van der Waals surface area contributed by atoms with Crippen LogP contribution in [0.5, 0.6) is 0 Å². The maximum absolute atomic E-state index is 12.6. The zero-order valence-electron chi connectivity index (χ0n) is 12.5. The minimum Gasteiger partial charge on any atom is -0.480 e. The SMILES string of the molecule is CC1(C(=O)O)CCCCN1C(=O)NC1C2C3CCC(C3)C12. The third-order valence-electron chi connectivity index (χ3n) is 6.62. The predicted octanol–water partition coefficient (Wildman–Crippen LogP) is 2.07. The van der Waals surface area contributed by atoms with Crippen molar-refractivity contribution < 1.29 is 14.7 Å². The number of amides is 2. The first kappa shape index (κ1) is 13.4. The molecule has 0 spiro atoms.